The second-order valence-corrected chi connectivity index (χ2v) is 6.49. The molecule has 2 aromatic rings. The third-order valence-electron chi connectivity index (χ3n) is 4.69. The second kappa shape index (κ2) is 5.68. The molecule has 1 atom stereocenters. The van der Waals surface area contributed by atoms with Crippen molar-refractivity contribution >= 4 is 0 Å². The van der Waals surface area contributed by atoms with Crippen LogP contribution in [-0.4, -0.2) is 12.7 Å². The van der Waals surface area contributed by atoms with Gasteiger partial charge in [0.2, 0.25) is 0 Å². The molecule has 2 heteroatoms. The smallest absolute Gasteiger partial charge is 0.123 e. The molecule has 0 N–H and O–H groups in total. The third kappa shape index (κ3) is 2.70. The van der Waals surface area contributed by atoms with Crippen LogP contribution in [0.5, 0.6) is 11.5 Å². The first-order chi connectivity index (χ1) is 10.8. The van der Waals surface area contributed by atoms with Crippen LogP contribution in [0.25, 0.3) is 0 Å². The summed E-state index contributed by atoms with van der Waals surface area (Å²) in [6, 6.07) is 13.2. The zero-order valence-corrected chi connectivity index (χ0v) is 13.1. The van der Waals surface area contributed by atoms with Gasteiger partial charge in [-0.2, -0.15) is 0 Å². The van der Waals surface area contributed by atoms with Crippen molar-refractivity contribution in [2.75, 3.05) is 6.61 Å². The molecular formula is C20H22O2. The van der Waals surface area contributed by atoms with E-state index in [4.69, 9.17) is 9.47 Å². The first kappa shape index (κ1) is 13.7. The Bertz CT molecular complexity index is 690. The largest absolute Gasteiger partial charge is 0.493 e. The first-order valence-electron chi connectivity index (χ1n) is 8.29. The summed E-state index contributed by atoms with van der Waals surface area (Å²) < 4.78 is 12.0. The lowest BCUT2D eigenvalue weighted by Gasteiger charge is -2.27. The summed E-state index contributed by atoms with van der Waals surface area (Å²) >= 11 is 0. The maximum Gasteiger partial charge on any atom is 0.123 e. The highest BCUT2D eigenvalue weighted by atomic mass is 16.5. The van der Waals surface area contributed by atoms with Gasteiger partial charge < -0.3 is 9.47 Å². The molecule has 2 aliphatic heterocycles. The van der Waals surface area contributed by atoms with Crippen LogP contribution in [-0.2, 0) is 19.3 Å². The molecule has 2 nitrogen and oxygen atoms in total. The van der Waals surface area contributed by atoms with Gasteiger partial charge in [-0.15, -0.1) is 0 Å². The van der Waals surface area contributed by atoms with Gasteiger partial charge in [0.25, 0.3) is 0 Å². The molecule has 0 spiro atoms. The number of ether oxygens (including phenoxy) is 2. The van der Waals surface area contributed by atoms with Crippen LogP contribution in [0.2, 0.25) is 0 Å². The molecule has 0 saturated heterocycles. The Morgan fingerprint density at radius 1 is 1.00 bits per heavy atom. The van der Waals surface area contributed by atoms with E-state index in [0.717, 1.165) is 50.2 Å². The van der Waals surface area contributed by atoms with Crippen molar-refractivity contribution in [3.8, 4) is 11.5 Å². The Balaban J connectivity index is 1.50. The van der Waals surface area contributed by atoms with Crippen LogP contribution >= 0.6 is 0 Å². The summed E-state index contributed by atoms with van der Waals surface area (Å²) in [6.45, 7) is 2.97. The Morgan fingerprint density at radius 2 is 1.86 bits per heavy atom. The van der Waals surface area contributed by atoms with Crippen molar-refractivity contribution in [3.05, 3.63) is 58.7 Å². The normalized spacial score (nSPS) is 19.6. The molecule has 0 aromatic heterocycles. The number of rotatable bonds is 2. The highest BCUT2D eigenvalue weighted by molar-refractivity contribution is 5.41. The van der Waals surface area contributed by atoms with E-state index < -0.39 is 0 Å². The van der Waals surface area contributed by atoms with Crippen LogP contribution in [0.15, 0.2) is 36.4 Å². The fraction of sp³-hybridized carbons (Fsp3) is 0.400. The highest BCUT2D eigenvalue weighted by Crippen LogP contribution is 2.31. The standard InChI is InChI=1S/C20H22O2/c1-14-4-6-17-8-9-18(22-20(17)11-14)12-15-5-7-16-3-2-10-21-19(16)13-15/h4-7,11,13,18H,2-3,8-10,12H2,1H3. The van der Waals surface area contributed by atoms with E-state index in [2.05, 4.69) is 43.3 Å². The quantitative estimate of drug-likeness (QED) is 0.824. The van der Waals surface area contributed by atoms with Crippen molar-refractivity contribution in [1.29, 1.82) is 0 Å². The van der Waals surface area contributed by atoms with Gasteiger partial charge in [0, 0.05) is 6.42 Å². The predicted molar refractivity (Wildman–Crippen MR) is 87.9 cm³/mol. The average Bonchev–Trinajstić information content (AvgIpc) is 2.54. The van der Waals surface area contributed by atoms with Crippen molar-refractivity contribution in [2.24, 2.45) is 0 Å². The molecule has 4 rings (SSSR count). The van der Waals surface area contributed by atoms with E-state index in [1.54, 1.807) is 0 Å². The van der Waals surface area contributed by atoms with E-state index in [9.17, 15) is 0 Å². The number of fused-ring (bicyclic) bond motifs is 2. The minimum Gasteiger partial charge on any atom is -0.493 e. The van der Waals surface area contributed by atoms with Crippen LogP contribution in [0.3, 0.4) is 0 Å². The number of hydrogen-bond acceptors (Lipinski definition) is 2. The maximum absolute atomic E-state index is 6.22. The van der Waals surface area contributed by atoms with E-state index in [1.165, 1.54) is 22.3 Å². The van der Waals surface area contributed by atoms with Crippen molar-refractivity contribution in [3.63, 3.8) is 0 Å². The summed E-state index contributed by atoms with van der Waals surface area (Å²) in [4.78, 5) is 0. The van der Waals surface area contributed by atoms with Crippen molar-refractivity contribution < 1.29 is 9.47 Å². The molecule has 2 heterocycles. The van der Waals surface area contributed by atoms with E-state index >= 15 is 0 Å². The lowest BCUT2D eigenvalue weighted by Crippen LogP contribution is -2.25. The molecule has 0 radical (unpaired) electrons. The molecule has 0 bridgehead atoms. The topological polar surface area (TPSA) is 18.5 Å². The lowest BCUT2D eigenvalue weighted by atomic mass is 9.95. The van der Waals surface area contributed by atoms with Gasteiger partial charge in [-0.1, -0.05) is 24.3 Å². The summed E-state index contributed by atoms with van der Waals surface area (Å²) in [5.41, 5.74) is 5.28. The molecule has 22 heavy (non-hydrogen) atoms. The number of benzene rings is 2. The Hall–Kier alpha value is -1.96. The summed E-state index contributed by atoms with van der Waals surface area (Å²) in [5, 5.41) is 0. The van der Waals surface area contributed by atoms with E-state index in [1.807, 2.05) is 0 Å². The van der Waals surface area contributed by atoms with Gasteiger partial charge >= 0.3 is 0 Å². The van der Waals surface area contributed by atoms with Gasteiger partial charge in [-0.3, -0.25) is 0 Å². The molecule has 0 aliphatic carbocycles. The Kier molecular flexibility index (Phi) is 3.53. The zero-order chi connectivity index (χ0) is 14.9. The Labute approximate surface area is 132 Å². The maximum atomic E-state index is 6.22. The van der Waals surface area contributed by atoms with Crippen LogP contribution < -0.4 is 9.47 Å². The minimum absolute atomic E-state index is 0.274. The van der Waals surface area contributed by atoms with E-state index in [0.29, 0.717) is 0 Å². The van der Waals surface area contributed by atoms with Gasteiger partial charge in [-0.05, 0) is 67.0 Å². The average molecular weight is 294 g/mol. The fourth-order valence-electron chi connectivity index (χ4n) is 3.45. The molecule has 2 aliphatic rings. The molecule has 0 saturated carbocycles. The molecule has 0 amide bonds. The zero-order valence-electron chi connectivity index (χ0n) is 13.1. The van der Waals surface area contributed by atoms with Gasteiger partial charge in [0.15, 0.2) is 0 Å². The summed E-state index contributed by atoms with van der Waals surface area (Å²) in [5.74, 6) is 2.15. The lowest BCUT2D eigenvalue weighted by molar-refractivity contribution is 0.173. The Morgan fingerprint density at radius 3 is 2.82 bits per heavy atom. The predicted octanol–water partition coefficient (Wildman–Crippen LogP) is 4.26. The molecular weight excluding hydrogens is 272 g/mol. The molecule has 1 unspecified atom stereocenters. The SMILES string of the molecule is Cc1ccc2c(c1)OC(Cc1ccc3c(c1)OCCC3)CC2. The van der Waals surface area contributed by atoms with Crippen LogP contribution in [0.1, 0.15) is 35.1 Å². The fourth-order valence-corrected chi connectivity index (χ4v) is 3.45. The third-order valence-corrected chi connectivity index (χ3v) is 4.69. The monoisotopic (exact) mass is 294 g/mol. The molecule has 0 fully saturated rings. The summed E-state index contributed by atoms with van der Waals surface area (Å²) in [7, 11) is 0. The minimum atomic E-state index is 0.274. The van der Waals surface area contributed by atoms with Crippen LogP contribution in [0, 0.1) is 6.92 Å². The van der Waals surface area contributed by atoms with E-state index in [-0.39, 0.29) is 6.10 Å². The molecule has 114 valence electrons. The first-order valence-corrected chi connectivity index (χ1v) is 8.29. The second-order valence-electron chi connectivity index (χ2n) is 6.49. The van der Waals surface area contributed by atoms with Gasteiger partial charge in [0.05, 0.1) is 6.61 Å². The number of hydrogen-bond donors (Lipinski definition) is 0. The van der Waals surface area contributed by atoms with Crippen molar-refractivity contribution in [1.82, 2.24) is 0 Å². The number of aryl methyl sites for hydroxylation is 3. The van der Waals surface area contributed by atoms with Crippen LogP contribution in [0.4, 0.5) is 0 Å². The molecule has 2 aromatic carbocycles. The summed E-state index contributed by atoms with van der Waals surface area (Å²) in [6.07, 6.45) is 5.71. The highest BCUT2D eigenvalue weighted by Gasteiger charge is 2.21. The van der Waals surface area contributed by atoms with Gasteiger partial charge in [-0.25, -0.2) is 0 Å². The van der Waals surface area contributed by atoms with Gasteiger partial charge in [0.1, 0.15) is 17.6 Å². The van der Waals surface area contributed by atoms with Crippen molar-refractivity contribution in [2.45, 2.75) is 45.1 Å².